The summed E-state index contributed by atoms with van der Waals surface area (Å²) in [5, 5.41) is 8.14. The lowest BCUT2D eigenvalue weighted by Crippen LogP contribution is -2.34. The van der Waals surface area contributed by atoms with Crippen LogP contribution < -0.4 is 5.32 Å². The van der Waals surface area contributed by atoms with Crippen LogP contribution in [0.2, 0.25) is 5.02 Å². The van der Waals surface area contributed by atoms with E-state index in [0.29, 0.717) is 12.5 Å². The molecule has 0 aliphatic rings. The molecule has 3 nitrogen and oxygen atoms in total. The van der Waals surface area contributed by atoms with Gasteiger partial charge in [0.1, 0.15) is 27.6 Å². The molecule has 6 heteroatoms. The van der Waals surface area contributed by atoms with E-state index in [0.717, 1.165) is 16.4 Å². The molecule has 1 aromatic carbocycles. The highest BCUT2D eigenvalue weighted by atomic mass is 35.5. The molecule has 0 saturated heterocycles. The number of hydrogen-bond donors (Lipinski definition) is 1. The van der Waals surface area contributed by atoms with E-state index in [-0.39, 0.29) is 5.21 Å². The highest BCUT2D eigenvalue weighted by Crippen LogP contribution is 2.33. The smallest absolute Gasteiger partial charge is 0.124 e. The van der Waals surface area contributed by atoms with Gasteiger partial charge in [0, 0.05) is 16.8 Å². The van der Waals surface area contributed by atoms with Gasteiger partial charge in [-0.25, -0.2) is 0 Å². The quantitative estimate of drug-likeness (QED) is 0.855. The Morgan fingerprint density at radius 3 is 2.70 bits per heavy atom. The molecule has 104 valence electrons. The van der Waals surface area contributed by atoms with E-state index in [2.05, 4.69) is 40.0 Å². The first-order valence-corrected chi connectivity index (χ1v) is 7.22. The molecule has 1 aromatic heterocycles. The van der Waals surface area contributed by atoms with E-state index >= 15 is 0 Å². The molecule has 2 rings (SSSR count). The number of anilines is 1. The third-order valence-electron chi connectivity index (χ3n) is 4.07. The summed E-state index contributed by atoms with van der Waals surface area (Å²) in [4.78, 5) is 0. The summed E-state index contributed by atoms with van der Waals surface area (Å²) >= 11 is 6.17. The Labute approximate surface area is 126 Å². The van der Waals surface area contributed by atoms with Crippen molar-refractivity contribution in [1.82, 2.24) is 5.16 Å². The van der Waals surface area contributed by atoms with Gasteiger partial charge in [-0.2, -0.15) is 0 Å². The zero-order valence-electron chi connectivity index (χ0n) is 12.4. The molecule has 0 amide bonds. The lowest BCUT2D eigenvalue weighted by Gasteiger charge is -2.32. The molecule has 0 bridgehead atoms. The van der Waals surface area contributed by atoms with Gasteiger partial charge in [0.25, 0.3) is 0 Å². The molecule has 20 heavy (non-hydrogen) atoms. The standard InChI is InChI=1S/C14H19B2ClN2O/c1-9(2)14(15,16)12-7-10(17)3-4-13(12)18-8-11-5-6-20-19-11/h3-7,9,18H,8,15-16H2,1-2H3. The van der Waals surface area contributed by atoms with E-state index in [1.807, 2.05) is 24.3 Å². The Hall–Kier alpha value is -1.35. The molecule has 1 heterocycles. The molecule has 2 aromatic rings. The van der Waals surface area contributed by atoms with Crippen LogP contribution in [0, 0.1) is 5.92 Å². The SMILES string of the molecule is BC(B)(c1cc(Cl)ccc1NCc1ccon1)C(C)C. The number of halogens is 1. The van der Waals surface area contributed by atoms with Gasteiger partial charge in [-0.05, 0) is 23.8 Å². The van der Waals surface area contributed by atoms with Crippen LogP contribution >= 0.6 is 11.6 Å². The number of rotatable bonds is 5. The van der Waals surface area contributed by atoms with Crippen molar-refractivity contribution in [3.05, 3.63) is 46.8 Å². The van der Waals surface area contributed by atoms with Crippen LogP contribution in [0.5, 0.6) is 0 Å². The number of aromatic nitrogens is 1. The van der Waals surface area contributed by atoms with Gasteiger partial charge in [0.05, 0.1) is 6.54 Å². The van der Waals surface area contributed by atoms with Crippen LogP contribution in [0.4, 0.5) is 5.69 Å². The number of nitrogens with one attached hydrogen (secondary N) is 1. The molecule has 1 N–H and O–H groups in total. The largest absolute Gasteiger partial charge is 0.379 e. The minimum Gasteiger partial charge on any atom is -0.379 e. The van der Waals surface area contributed by atoms with Crippen molar-refractivity contribution >= 4 is 33.0 Å². The Morgan fingerprint density at radius 1 is 1.35 bits per heavy atom. The zero-order chi connectivity index (χ0) is 14.8. The van der Waals surface area contributed by atoms with Gasteiger partial charge < -0.3 is 9.84 Å². The van der Waals surface area contributed by atoms with Crippen LogP contribution in [-0.2, 0) is 11.8 Å². The monoisotopic (exact) mass is 288 g/mol. The van der Waals surface area contributed by atoms with Gasteiger partial charge in [0.2, 0.25) is 0 Å². The Morgan fingerprint density at radius 2 is 2.10 bits per heavy atom. The molecule has 0 saturated carbocycles. The second-order valence-corrected chi connectivity index (χ2v) is 6.35. The van der Waals surface area contributed by atoms with Gasteiger partial charge in [-0.1, -0.05) is 41.7 Å². The van der Waals surface area contributed by atoms with Crippen LogP contribution in [0.25, 0.3) is 0 Å². The second-order valence-electron chi connectivity index (χ2n) is 5.91. The van der Waals surface area contributed by atoms with E-state index in [4.69, 9.17) is 16.1 Å². The van der Waals surface area contributed by atoms with Crippen molar-refractivity contribution < 1.29 is 4.52 Å². The fraction of sp³-hybridized carbons (Fsp3) is 0.357. The first-order valence-electron chi connectivity index (χ1n) is 6.84. The maximum Gasteiger partial charge on any atom is 0.124 e. The maximum atomic E-state index is 6.17. The lowest BCUT2D eigenvalue weighted by atomic mass is 9.46. The average molecular weight is 288 g/mol. The van der Waals surface area contributed by atoms with E-state index in [1.165, 1.54) is 5.56 Å². The predicted molar refractivity (Wildman–Crippen MR) is 88.9 cm³/mol. The van der Waals surface area contributed by atoms with E-state index < -0.39 is 0 Å². The van der Waals surface area contributed by atoms with Gasteiger partial charge in [-0.3, -0.25) is 0 Å². The van der Waals surface area contributed by atoms with E-state index in [9.17, 15) is 0 Å². The highest BCUT2D eigenvalue weighted by molar-refractivity contribution is 6.41. The second kappa shape index (κ2) is 5.96. The summed E-state index contributed by atoms with van der Waals surface area (Å²) in [7, 11) is 4.48. The molecule has 0 atom stereocenters. The number of benzene rings is 1. The van der Waals surface area contributed by atoms with Crippen molar-refractivity contribution in [3.8, 4) is 0 Å². The third-order valence-corrected chi connectivity index (χ3v) is 4.31. The Kier molecular flexibility index (Phi) is 4.48. The third kappa shape index (κ3) is 3.21. The van der Waals surface area contributed by atoms with Crippen LogP contribution in [0.3, 0.4) is 0 Å². The Balaban J connectivity index is 2.28. The summed E-state index contributed by atoms with van der Waals surface area (Å²) in [6.45, 7) is 5.09. The molecule has 0 spiro atoms. The van der Waals surface area contributed by atoms with Gasteiger partial charge in [-0.15, -0.1) is 0 Å². The van der Waals surface area contributed by atoms with Crippen molar-refractivity contribution in [2.24, 2.45) is 5.92 Å². The summed E-state index contributed by atoms with van der Waals surface area (Å²) in [5.74, 6) is 0.508. The maximum absolute atomic E-state index is 6.17. The van der Waals surface area contributed by atoms with Crippen LogP contribution in [0.15, 0.2) is 35.1 Å². The molecule has 0 aliphatic heterocycles. The average Bonchev–Trinajstić information content (AvgIpc) is 2.90. The minimum absolute atomic E-state index is 0.0387. The first-order chi connectivity index (χ1) is 9.41. The molecule has 0 fully saturated rings. The fourth-order valence-electron chi connectivity index (χ4n) is 2.03. The molecule has 0 radical (unpaired) electrons. The fourth-order valence-corrected chi connectivity index (χ4v) is 2.20. The molecule has 0 unspecified atom stereocenters. The number of hydrogen-bond acceptors (Lipinski definition) is 3. The van der Waals surface area contributed by atoms with E-state index in [1.54, 1.807) is 6.26 Å². The van der Waals surface area contributed by atoms with Crippen molar-refractivity contribution in [2.75, 3.05) is 5.32 Å². The predicted octanol–water partition coefficient (Wildman–Crippen LogP) is 2.02. The normalized spacial score (nSPS) is 11.8. The molecular formula is C14H19B2ClN2O. The van der Waals surface area contributed by atoms with Gasteiger partial charge >= 0.3 is 0 Å². The zero-order valence-corrected chi connectivity index (χ0v) is 13.2. The topological polar surface area (TPSA) is 38.1 Å². The van der Waals surface area contributed by atoms with Gasteiger partial charge in [0.15, 0.2) is 0 Å². The Bertz CT molecular complexity index is 571. The highest BCUT2D eigenvalue weighted by Gasteiger charge is 2.27. The van der Waals surface area contributed by atoms with Crippen molar-refractivity contribution in [1.29, 1.82) is 0 Å². The first kappa shape index (κ1) is 15.0. The van der Waals surface area contributed by atoms with Crippen LogP contribution in [0.1, 0.15) is 25.1 Å². The molecule has 0 aliphatic carbocycles. The lowest BCUT2D eigenvalue weighted by molar-refractivity contribution is 0.412. The summed E-state index contributed by atoms with van der Waals surface area (Å²) in [5.41, 5.74) is 3.20. The van der Waals surface area contributed by atoms with Crippen molar-refractivity contribution in [3.63, 3.8) is 0 Å². The van der Waals surface area contributed by atoms with Crippen molar-refractivity contribution in [2.45, 2.75) is 25.6 Å². The summed E-state index contributed by atoms with van der Waals surface area (Å²) < 4.78 is 4.85. The number of nitrogens with zero attached hydrogens (tertiary/aromatic N) is 1. The summed E-state index contributed by atoms with van der Waals surface area (Å²) in [6, 6.07) is 7.84. The summed E-state index contributed by atoms with van der Waals surface area (Å²) in [6.07, 6.45) is 1.58. The molecular weight excluding hydrogens is 269 g/mol. The minimum atomic E-state index is 0.0387. The van der Waals surface area contributed by atoms with Crippen LogP contribution in [-0.4, -0.2) is 20.8 Å².